The molecule has 2 N–H and O–H groups in total. The van der Waals surface area contributed by atoms with E-state index < -0.39 is 0 Å². The average molecular weight is 441 g/mol. The predicted octanol–water partition coefficient (Wildman–Crippen LogP) is 2.31. The number of hydrogen-bond acceptors (Lipinski definition) is 5. The van der Waals surface area contributed by atoms with E-state index in [4.69, 9.17) is 4.99 Å². The van der Waals surface area contributed by atoms with Crippen LogP contribution in [0.5, 0.6) is 0 Å². The second-order valence-corrected chi connectivity index (χ2v) is 8.36. The Hall–Kier alpha value is -2.61. The number of rotatable bonds is 11. The molecule has 3 rings (SSSR count). The topological polar surface area (TPSA) is 73.6 Å². The van der Waals surface area contributed by atoms with Crippen molar-refractivity contribution in [2.75, 3.05) is 57.3 Å². The number of aryl methyl sites for hydroxylation is 2. The van der Waals surface area contributed by atoms with Crippen molar-refractivity contribution in [2.24, 2.45) is 4.99 Å². The third-order valence-electron chi connectivity index (χ3n) is 5.89. The molecule has 8 heteroatoms. The minimum absolute atomic E-state index is 0.808. The quantitative estimate of drug-likeness (QED) is 0.317. The van der Waals surface area contributed by atoms with Crippen LogP contribution in [-0.4, -0.2) is 78.0 Å². The van der Waals surface area contributed by atoms with Crippen molar-refractivity contribution in [2.45, 2.75) is 46.6 Å². The number of benzene rings is 1. The first kappa shape index (κ1) is 24.0. The van der Waals surface area contributed by atoms with Gasteiger partial charge >= 0.3 is 0 Å². The van der Waals surface area contributed by atoms with Crippen molar-refractivity contribution in [3.05, 3.63) is 42.0 Å². The van der Waals surface area contributed by atoms with E-state index in [1.165, 1.54) is 17.7 Å². The van der Waals surface area contributed by atoms with Gasteiger partial charge in [0.25, 0.3) is 0 Å². The Labute approximate surface area is 193 Å². The van der Waals surface area contributed by atoms with Crippen molar-refractivity contribution in [1.82, 2.24) is 30.3 Å². The molecule has 1 fully saturated rings. The van der Waals surface area contributed by atoms with E-state index in [0.29, 0.717) is 0 Å². The fourth-order valence-corrected chi connectivity index (χ4v) is 4.07. The summed E-state index contributed by atoms with van der Waals surface area (Å²) in [5.74, 6) is 1.92. The van der Waals surface area contributed by atoms with Crippen LogP contribution in [0.2, 0.25) is 0 Å². The summed E-state index contributed by atoms with van der Waals surface area (Å²) in [6, 6.07) is 8.84. The maximum atomic E-state index is 4.74. The van der Waals surface area contributed by atoms with Crippen LogP contribution in [0, 0.1) is 6.92 Å². The van der Waals surface area contributed by atoms with Crippen molar-refractivity contribution in [3.8, 4) is 0 Å². The number of nitrogens with one attached hydrogen (secondary N) is 2. The third-order valence-corrected chi connectivity index (χ3v) is 5.89. The molecule has 0 unspecified atom stereocenters. The van der Waals surface area contributed by atoms with Gasteiger partial charge in [-0.15, -0.1) is 10.2 Å². The summed E-state index contributed by atoms with van der Waals surface area (Å²) in [5, 5.41) is 14.9. The number of aromatic nitrogens is 3. The van der Waals surface area contributed by atoms with E-state index in [2.05, 4.69) is 80.2 Å². The Morgan fingerprint density at radius 3 is 2.66 bits per heavy atom. The molecule has 1 aromatic carbocycles. The molecule has 2 heterocycles. The highest BCUT2D eigenvalue weighted by atomic mass is 15.3. The fraction of sp³-hybridized carbons (Fsp3) is 0.625. The minimum Gasteiger partial charge on any atom is -0.369 e. The Balaban J connectivity index is 1.31. The van der Waals surface area contributed by atoms with Crippen LogP contribution in [0.4, 0.5) is 5.69 Å². The summed E-state index contributed by atoms with van der Waals surface area (Å²) >= 11 is 0. The number of guanidine groups is 1. The van der Waals surface area contributed by atoms with Crippen LogP contribution < -0.4 is 15.5 Å². The summed E-state index contributed by atoms with van der Waals surface area (Å²) in [4.78, 5) is 9.84. The molecule has 0 saturated carbocycles. The van der Waals surface area contributed by atoms with Gasteiger partial charge in [-0.05, 0) is 50.9 Å². The van der Waals surface area contributed by atoms with Crippen molar-refractivity contribution >= 4 is 11.6 Å². The molecule has 0 amide bonds. The summed E-state index contributed by atoms with van der Waals surface area (Å²) in [5.41, 5.74) is 2.69. The second kappa shape index (κ2) is 13.1. The number of aliphatic imine (C=N–C) groups is 1. The maximum Gasteiger partial charge on any atom is 0.191 e. The highest BCUT2D eigenvalue weighted by Crippen LogP contribution is 2.17. The molecule has 0 atom stereocenters. The van der Waals surface area contributed by atoms with E-state index in [0.717, 1.165) is 83.5 Å². The van der Waals surface area contributed by atoms with Gasteiger partial charge in [0, 0.05) is 64.5 Å². The van der Waals surface area contributed by atoms with Crippen molar-refractivity contribution < 1.29 is 0 Å². The molecule has 2 aromatic rings. The van der Waals surface area contributed by atoms with Crippen LogP contribution in [0.25, 0.3) is 0 Å². The van der Waals surface area contributed by atoms with Crippen LogP contribution >= 0.6 is 0 Å². The first-order valence-corrected chi connectivity index (χ1v) is 12.1. The normalized spacial score (nSPS) is 15.2. The average Bonchev–Trinajstić information content (AvgIpc) is 3.27. The first-order valence-electron chi connectivity index (χ1n) is 12.1. The van der Waals surface area contributed by atoms with Gasteiger partial charge in [-0.2, -0.15) is 0 Å². The van der Waals surface area contributed by atoms with Gasteiger partial charge in [-0.1, -0.05) is 19.1 Å². The zero-order valence-electron chi connectivity index (χ0n) is 20.1. The van der Waals surface area contributed by atoms with Gasteiger partial charge < -0.3 is 20.1 Å². The van der Waals surface area contributed by atoms with Crippen LogP contribution in [0.15, 0.2) is 35.6 Å². The predicted molar refractivity (Wildman–Crippen MR) is 132 cm³/mol. The van der Waals surface area contributed by atoms with E-state index in [-0.39, 0.29) is 0 Å². The molecule has 8 nitrogen and oxygen atoms in total. The Kier molecular flexibility index (Phi) is 9.81. The summed E-state index contributed by atoms with van der Waals surface area (Å²) < 4.78 is 2.09. The lowest BCUT2D eigenvalue weighted by atomic mass is 10.2. The number of piperazine rings is 1. The lowest BCUT2D eigenvalue weighted by molar-refractivity contribution is 0.253. The van der Waals surface area contributed by atoms with Crippen molar-refractivity contribution in [1.29, 1.82) is 0 Å². The molecule has 1 aliphatic rings. The van der Waals surface area contributed by atoms with E-state index in [9.17, 15) is 0 Å². The van der Waals surface area contributed by atoms with Crippen LogP contribution in [-0.2, 0) is 13.0 Å². The number of unbranched alkanes of at least 4 members (excludes halogenated alkanes) is 1. The SMILES string of the molecule is CCNC(=NCCCCN1CCN(c2cccc(C)c2)CC1)NCCn1cnnc1CC. The lowest BCUT2D eigenvalue weighted by Crippen LogP contribution is -2.46. The molecule has 1 aliphatic heterocycles. The number of hydrogen-bond donors (Lipinski definition) is 2. The number of anilines is 1. The Morgan fingerprint density at radius 1 is 1.06 bits per heavy atom. The third kappa shape index (κ3) is 7.51. The van der Waals surface area contributed by atoms with Gasteiger partial charge in [0.05, 0.1) is 0 Å². The molecule has 0 spiro atoms. The van der Waals surface area contributed by atoms with Crippen molar-refractivity contribution in [3.63, 3.8) is 0 Å². The molecule has 32 heavy (non-hydrogen) atoms. The maximum absolute atomic E-state index is 4.74. The highest BCUT2D eigenvalue weighted by Gasteiger charge is 2.16. The summed E-state index contributed by atoms with van der Waals surface area (Å²) in [6.07, 6.45) is 4.99. The van der Waals surface area contributed by atoms with Crippen LogP contribution in [0.1, 0.15) is 38.1 Å². The largest absolute Gasteiger partial charge is 0.369 e. The molecule has 0 radical (unpaired) electrons. The number of nitrogens with zero attached hydrogens (tertiary/aromatic N) is 6. The molecule has 0 bridgehead atoms. The minimum atomic E-state index is 0.808. The summed E-state index contributed by atoms with van der Waals surface area (Å²) in [6.45, 7) is 15.4. The van der Waals surface area contributed by atoms with Gasteiger partial charge in [-0.25, -0.2) is 0 Å². The molecular formula is C24H40N8. The smallest absolute Gasteiger partial charge is 0.191 e. The van der Waals surface area contributed by atoms with Gasteiger partial charge in [0.1, 0.15) is 12.2 Å². The van der Waals surface area contributed by atoms with Gasteiger partial charge in [0.15, 0.2) is 5.96 Å². The van der Waals surface area contributed by atoms with E-state index in [1.54, 1.807) is 6.33 Å². The molecule has 1 aromatic heterocycles. The lowest BCUT2D eigenvalue weighted by Gasteiger charge is -2.36. The molecule has 176 valence electrons. The zero-order valence-corrected chi connectivity index (χ0v) is 20.1. The van der Waals surface area contributed by atoms with Gasteiger partial charge in [-0.3, -0.25) is 9.89 Å². The van der Waals surface area contributed by atoms with Crippen LogP contribution in [0.3, 0.4) is 0 Å². The standard InChI is InChI=1S/C24H40N8/c1-4-23-29-28-20-32(23)14-12-27-24(25-5-2)26-11-6-7-13-30-15-17-31(18-16-30)22-10-8-9-21(3)19-22/h8-10,19-20H,4-7,11-18H2,1-3H3,(H2,25,26,27). The zero-order chi connectivity index (χ0) is 22.6. The molecular weight excluding hydrogens is 400 g/mol. The monoisotopic (exact) mass is 440 g/mol. The second-order valence-electron chi connectivity index (χ2n) is 8.36. The highest BCUT2D eigenvalue weighted by molar-refractivity contribution is 5.79. The van der Waals surface area contributed by atoms with Gasteiger partial charge in [0.2, 0.25) is 0 Å². The molecule has 0 aliphatic carbocycles. The Bertz CT molecular complexity index is 823. The molecule has 1 saturated heterocycles. The van der Waals surface area contributed by atoms with E-state index in [1.807, 2.05) is 0 Å². The first-order chi connectivity index (χ1) is 15.7. The fourth-order valence-electron chi connectivity index (χ4n) is 4.07. The van der Waals surface area contributed by atoms with E-state index >= 15 is 0 Å². The summed E-state index contributed by atoms with van der Waals surface area (Å²) in [7, 11) is 0. The Morgan fingerprint density at radius 2 is 1.91 bits per heavy atom.